The zero-order chi connectivity index (χ0) is 23.0. The molecular weight excluding hydrogens is 414 g/mol. The highest BCUT2D eigenvalue weighted by atomic mass is 32.2. The number of nitrogens with zero attached hydrogens (tertiary/aromatic N) is 2. The average Bonchev–Trinajstić information content (AvgIpc) is 2.72. The number of benzene rings is 1. The summed E-state index contributed by atoms with van der Waals surface area (Å²) in [6.45, 7) is 10.2. The SMILES string of the molecule is CC(=O)NC1(C(=O)N2CCN(S(=O)(=O)c3c(C)c(C)cc(C)c3C)CC2)CCCCC1. The van der Waals surface area contributed by atoms with Gasteiger partial charge in [-0.3, -0.25) is 9.59 Å². The van der Waals surface area contributed by atoms with Crippen molar-refractivity contribution in [3.8, 4) is 0 Å². The van der Waals surface area contributed by atoms with Crippen LogP contribution in [0.5, 0.6) is 0 Å². The first-order chi connectivity index (χ1) is 14.5. The summed E-state index contributed by atoms with van der Waals surface area (Å²) in [5.74, 6) is -0.268. The van der Waals surface area contributed by atoms with Crippen LogP contribution in [0.4, 0.5) is 0 Å². The molecule has 0 atom stereocenters. The van der Waals surface area contributed by atoms with Gasteiger partial charge in [-0.2, -0.15) is 4.31 Å². The minimum Gasteiger partial charge on any atom is -0.342 e. The van der Waals surface area contributed by atoms with Crippen LogP contribution in [-0.2, 0) is 19.6 Å². The Bertz CT molecular complexity index is 947. The van der Waals surface area contributed by atoms with Crippen LogP contribution in [0.1, 0.15) is 61.3 Å². The molecule has 7 nitrogen and oxygen atoms in total. The highest BCUT2D eigenvalue weighted by Gasteiger charge is 2.44. The molecule has 2 aliphatic rings. The standard InChI is InChI=1S/C23H35N3O4S/c1-16-15-17(2)19(4)21(18(16)3)31(29,30)26-13-11-25(12-14-26)22(28)23(24-20(5)27)9-7-6-8-10-23/h15H,6-14H2,1-5H3,(H,24,27). The van der Waals surface area contributed by atoms with Crippen molar-refractivity contribution in [2.24, 2.45) is 0 Å². The Morgan fingerprint density at radius 1 is 0.903 bits per heavy atom. The van der Waals surface area contributed by atoms with Crippen molar-refractivity contribution in [2.75, 3.05) is 26.2 Å². The van der Waals surface area contributed by atoms with Gasteiger partial charge in [-0.25, -0.2) is 8.42 Å². The van der Waals surface area contributed by atoms with E-state index in [1.54, 1.807) is 4.90 Å². The Hall–Kier alpha value is -1.93. The molecule has 1 saturated carbocycles. The molecule has 3 rings (SSSR count). The zero-order valence-corrected chi connectivity index (χ0v) is 20.2. The molecular formula is C23H35N3O4S. The van der Waals surface area contributed by atoms with Crippen LogP contribution in [0.15, 0.2) is 11.0 Å². The number of carbonyl (C=O) groups is 2. The van der Waals surface area contributed by atoms with Gasteiger partial charge in [-0.1, -0.05) is 25.3 Å². The molecule has 2 amide bonds. The third-order valence-corrected chi connectivity index (χ3v) is 9.13. The van der Waals surface area contributed by atoms with E-state index in [2.05, 4.69) is 5.32 Å². The van der Waals surface area contributed by atoms with Crippen molar-refractivity contribution in [1.82, 2.24) is 14.5 Å². The molecule has 1 heterocycles. The number of nitrogens with one attached hydrogen (secondary N) is 1. The van der Waals surface area contributed by atoms with Crippen LogP contribution >= 0.6 is 0 Å². The van der Waals surface area contributed by atoms with Crippen LogP contribution in [0.3, 0.4) is 0 Å². The molecule has 0 bridgehead atoms. The summed E-state index contributed by atoms with van der Waals surface area (Å²) >= 11 is 0. The first kappa shape index (κ1) is 23.7. The lowest BCUT2D eigenvalue weighted by molar-refractivity contribution is -0.144. The maximum absolute atomic E-state index is 13.5. The number of carbonyl (C=O) groups excluding carboxylic acids is 2. The predicted octanol–water partition coefficient (Wildman–Crippen LogP) is 2.59. The van der Waals surface area contributed by atoms with Crippen LogP contribution in [0.25, 0.3) is 0 Å². The predicted molar refractivity (Wildman–Crippen MR) is 120 cm³/mol. The fourth-order valence-corrected chi connectivity index (χ4v) is 7.01. The summed E-state index contributed by atoms with van der Waals surface area (Å²) in [5, 5.41) is 2.93. The summed E-state index contributed by atoms with van der Waals surface area (Å²) in [5.41, 5.74) is 2.66. The fourth-order valence-electron chi connectivity index (χ4n) is 5.02. The molecule has 0 radical (unpaired) electrons. The Morgan fingerprint density at radius 2 is 1.42 bits per heavy atom. The lowest BCUT2D eigenvalue weighted by Crippen LogP contribution is -2.63. The highest BCUT2D eigenvalue weighted by Crippen LogP contribution is 2.32. The second-order valence-corrected chi connectivity index (χ2v) is 11.0. The minimum absolute atomic E-state index is 0.0711. The van der Waals surface area contributed by atoms with Crippen LogP contribution < -0.4 is 5.32 Å². The van der Waals surface area contributed by atoms with E-state index in [0.29, 0.717) is 30.8 Å². The largest absolute Gasteiger partial charge is 0.342 e. The Kier molecular flexibility index (Phi) is 6.81. The topological polar surface area (TPSA) is 86.8 Å². The minimum atomic E-state index is -3.65. The van der Waals surface area contributed by atoms with E-state index >= 15 is 0 Å². The van der Waals surface area contributed by atoms with Gasteiger partial charge in [0, 0.05) is 33.1 Å². The third kappa shape index (κ3) is 4.51. The molecule has 2 fully saturated rings. The lowest BCUT2D eigenvalue weighted by Gasteiger charge is -2.43. The van der Waals surface area contributed by atoms with E-state index in [9.17, 15) is 18.0 Å². The van der Waals surface area contributed by atoms with Crippen molar-refractivity contribution >= 4 is 21.8 Å². The summed E-state index contributed by atoms with van der Waals surface area (Å²) < 4.78 is 28.5. The van der Waals surface area contributed by atoms with E-state index in [4.69, 9.17) is 0 Å². The van der Waals surface area contributed by atoms with E-state index in [1.165, 1.54) is 11.2 Å². The van der Waals surface area contributed by atoms with Gasteiger partial charge in [0.15, 0.2) is 0 Å². The lowest BCUT2D eigenvalue weighted by atomic mass is 9.80. The molecule has 1 aromatic carbocycles. The second kappa shape index (κ2) is 8.90. The third-order valence-electron chi connectivity index (χ3n) is 6.95. The Labute approximate surface area is 186 Å². The van der Waals surface area contributed by atoms with Crippen molar-refractivity contribution in [2.45, 2.75) is 77.2 Å². The number of amides is 2. The summed E-state index contributed by atoms with van der Waals surface area (Å²) in [6, 6.07) is 2.02. The highest BCUT2D eigenvalue weighted by molar-refractivity contribution is 7.89. The number of aryl methyl sites for hydroxylation is 2. The second-order valence-electron chi connectivity index (χ2n) is 9.11. The number of sulfonamides is 1. The van der Waals surface area contributed by atoms with Gasteiger partial charge < -0.3 is 10.2 Å². The van der Waals surface area contributed by atoms with Crippen molar-refractivity contribution in [3.63, 3.8) is 0 Å². The monoisotopic (exact) mass is 449 g/mol. The molecule has 0 aromatic heterocycles. The van der Waals surface area contributed by atoms with Crippen LogP contribution in [-0.4, -0.2) is 61.2 Å². The summed E-state index contributed by atoms with van der Waals surface area (Å²) in [4.78, 5) is 27.3. The molecule has 1 aliphatic carbocycles. The van der Waals surface area contributed by atoms with Gasteiger partial charge in [0.2, 0.25) is 21.8 Å². The Balaban J connectivity index is 1.79. The van der Waals surface area contributed by atoms with Crippen molar-refractivity contribution in [1.29, 1.82) is 0 Å². The Morgan fingerprint density at radius 3 is 1.90 bits per heavy atom. The molecule has 31 heavy (non-hydrogen) atoms. The smallest absolute Gasteiger partial charge is 0.248 e. The number of hydrogen-bond donors (Lipinski definition) is 1. The molecule has 1 saturated heterocycles. The number of rotatable bonds is 4. The van der Waals surface area contributed by atoms with Gasteiger partial charge in [0.05, 0.1) is 4.90 Å². The summed E-state index contributed by atoms with van der Waals surface area (Å²) in [6.07, 6.45) is 4.17. The maximum Gasteiger partial charge on any atom is 0.248 e. The van der Waals surface area contributed by atoms with Gasteiger partial charge in [0.25, 0.3) is 0 Å². The van der Waals surface area contributed by atoms with Crippen LogP contribution in [0, 0.1) is 27.7 Å². The first-order valence-electron chi connectivity index (χ1n) is 11.2. The average molecular weight is 450 g/mol. The first-order valence-corrected chi connectivity index (χ1v) is 12.6. The molecule has 8 heteroatoms. The number of hydrogen-bond acceptors (Lipinski definition) is 4. The van der Waals surface area contributed by atoms with Crippen molar-refractivity contribution in [3.05, 3.63) is 28.3 Å². The molecule has 1 aromatic rings. The normalized spacial score (nSPS) is 19.8. The van der Waals surface area contributed by atoms with E-state index in [-0.39, 0.29) is 24.9 Å². The zero-order valence-electron chi connectivity index (χ0n) is 19.4. The van der Waals surface area contributed by atoms with Crippen LogP contribution in [0.2, 0.25) is 0 Å². The van der Waals surface area contributed by atoms with E-state index in [1.807, 2.05) is 33.8 Å². The molecule has 0 spiro atoms. The van der Waals surface area contributed by atoms with Gasteiger partial charge in [0.1, 0.15) is 5.54 Å². The van der Waals surface area contributed by atoms with Gasteiger partial charge >= 0.3 is 0 Å². The van der Waals surface area contributed by atoms with Gasteiger partial charge in [-0.05, 0) is 62.8 Å². The molecule has 1 N–H and O–H groups in total. The molecule has 172 valence electrons. The molecule has 0 unspecified atom stereocenters. The van der Waals surface area contributed by atoms with Crippen molar-refractivity contribution < 1.29 is 18.0 Å². The van der Waals surface area contributed by atoms with Gasteiger partial charge in [-0.15, -0.1) is 0 Å². The fraction of sp³-hybridized carbons (Fsp3) is 0.652. The summed E-state index contributed by atoms with van der Waals surface area (Å²) in [7, 11) is -3.65. The molecule has 1 aliphatic heterocycles. The van der Waals surface area contributed by atoms with E-state index in [0.717, 1.165) is 41.5 Å². The number of piperazine rings is 1. The van der Waals surface area contributed by atoms with E-state index < -0.39 is 15.6 Å². The quantitative estimate of drug-likeness (QED) is 0.765. The maximum atomic E-state index is 13.5.